The largest absolute Gasteiger partial charge is 0.488 e. The molecule has 1 aliphatic rings. The highest BCUT2D eigenvalue weighted by molar-refractivity contribution is 6.74. The van der Waals surface area contributed by atoms with Crippen molar-refractivity contribution in [1.29, 1.82) is 0 Å². The maximum absolute atomic E-state index is 6.58. The van der Waals surface area contributed by atoms with Gasteiger partial charge in [-0.15, -0.1) is 0 Å². The zero-order valence-corrected chi connectivity index (χ0v) is 18.3. The number of aromatic nitrogens is 1. The summed E-state index contributed by atoms with van der Waals surface area (Å²) in [6, 6.07) is 9.84. The SMILES string of the molecule is CC(C)(C)[Si](C)(C)O[C@H]1CC[C@@H](Oc2cccc3ccc(Cl)nc23)CC1. The lowest BCUT2D eigenvalue weighted by Crippen LogP contribution is -2.45. The van der Waals surface area contributed by atoms with Gasteiger partial charge in [0.1, 0.15) is 16.4 Å². The molecule has 0 radical (unpaired) electrons. The van der Waals surface area contributed by atoms with Gasteiger partial charge < -0.3 is 9.16 Å². The fourth-order valence-electron chi connectivity index (χ4n) is 3.23. The van der Waals surface area contributed by atoms with Gasteiger partial charge in [0, 0.05) is 11.5 Å². The molecule has 1 fully saturated rings. The lowest BCUT2D eigenvalue weighted by molar-refractivity contribution is 0.0732. The van der Waals surface area contributed by atoms with Crippen LogP contribution in [0.1, 0.15) is 46.5 Å². The molecule has 5 heteroatoms. The molecule has 0 bridgehead atoms. The Morgan fingerprint density at radius 2 is 1.65 bits per heavy atom. The maximum atomic E-state index is 6.58. The highest BCUT2D eigenvalue weighted by Gasteiger charge is 2.40. The summed E-state index contributed by atoms with van der Waals surface area (Å²) in [6.07, 6.45) is 4.77. The first kappa shape index (κ1) is 19.7. The maximum Gasteiger partial charge on any atom is 0.192 e. The van der Waals surface area contributed by atoms with Crippen molar-refractivity contribution < 1.29 is 9.16 Å². The van der Waals surface area contributed by atoms with Crippen molar-refractivity contribution in [2.45, 2.75) is 76.8 Å². The smallest absolute Gasteiger partial charge is 0.192 e. The average Bonchev–Trinajstić information content (AvgIpc) is 2.56. The minimum atomic E-state index is -1.70. The topological polar surface area (TPSA) is 31.4 Å². The quantitative estimate of drug-likeness (QED) is 0.434. The first-order chi connectivity index (χ1) is 12.2. The number of benzene rings is 1. The molecule has 0 saturated heterocycles. The van der Waals surface area contributed by atoms with Crippen LogP contribution in [0.3, 0.4) is 0 Å². The van der Waals surface area contributed by atoms with Gasteiger partial charge in [-0.2, -0.15) is 0 Å². The molecule has 1 heterocycles. The summed E-state index contributed by atoms with van der Waals surface area (Å²) >= 11 is 6.07. The zero-order valence-electron chi connectivity index (χ0n) is 16.5. The van der Waals surface area contributed by atoms with E-state index in [1.807, 2.05) is 30.3 Å². The zero-order chi connectivity index (χ0) is 18.9. The molecule has 0 aliphatic heterocycles. The van der Waals surface area contributed by atoms with E-state index in [9.17, 15) is 0 Å². The Hall–Kier alpha value is -1.10. The molecule has 1 aliphatic carbocycles. The summed E-state index contributed by atoms with van der Waals surface area (Å²) < 4.78 is 12.9. The van der Waals surface area contributed by atoms with Gasteiger partial charge in [-0.1, -0.05) is 44.5 Å². The highest BCUT2D eigenvalue weighted by atomic mass is 35.5. The Bertz CT molecular complexity index is 764. The predicted octanol–water partition coefficient (Wildman–Crippen LogP) is 6.60. The van der Waals surface area contributed by atoms with E-state index in [0.717, 1.165) is 42.3 Å². The third-order valence-electron chi connectivity index (χ3n) is 5.83. The Balaban J connectivity index is 1.62. The van der Waals surface area contributed by atoms with Crippen LogP contribution in [-0.4, -0.2) is 25.5 Å². The third kappa shape index (κ3) is 4.41. The molecule has 2 aromatic rings. The summed E-state index contributed by atoms with van der Waals surface area (Å²) in [5.74, 6) is 0.832. The van der Waals surface area contributed by atoms with Crippen molar-refractivity contribution in [2.24, 2.45) is 0 Å². The Kier molecular flexibility index (Phi) is 5.66. The van der Waals surface area contributed by atoms with Crippen LogP contribution in [0.25, 0.3) is 10.9 Å². The average molecular weight is 392 g/mol. The molecule has 0 unspecified atom stereocenters. The van der Waals surface area contributed by atoms with E-state index in [1.165, 1.54) is 0 Å². The van der Waals surface area contributed by atoms with Crippen LogP contribution in [0.15, 0.2) is 30.3 Å². The number of para-hydroxylation sites is 1. The number of hydrogen-bond donors (Lipinski definition) is 0. The van der Waals surface area contributed by atoms with Crippen LogP contribution in [-0.2, 0) is 4.43 Å². The summed E-state index contributed by atoms with van der Waals surface area (Å²) in [5.41, 5.74) is 0.847. The Morgan fingerprint density at radius 1 is 1.00 bits per heavy atom. The number of nitrogens with zero attached hydrogens (tertiary/aromatic N) is 1. The van der Waals surface area contributed by atoms with E-state index < -0.39 is 8.32 Å². The van der Waals surface area contributed by atoms with E-state index in [2.05, 4.69) is 38.8 Å². The van der Waals surface area contributed by atoms with Crippen LogP contribution in [0.2, 0.25) is 23.3 Å². The molecular formula is C21H30ClNO2Si. The first-order valence-electron chi connectivity index (χ1n) is 9.55. The van der Waals surface area contributed by atoms with Crippen LogP contribution >= 0.6 is 11.6 Å². The fraction of sp³-hybridized carbons (Fsp3) is 0.571. The van der Waals surface area contributed by atoms with Crippen LogP contribution in [0.5, 0.6) is 5.75 Å². The summed E-state index contributed by atoms with van der Waals surface area (Å²) in [7, 11) is -1.70. The van der Waals surface area contributed by atoms with Gasteiger partial charge in [0.2, 0.25) is 0 Å². The van der Waals surface area contributed by atoms with Gasteiger partial charge in [0.15, 0.2) is 8.32 Å². The monoisotopic (exact) mass is 391 g/mol. The second kappa shape index (κ2) is 7.49. The van der Waals surface area contributed by atoms with E-state index in [-0.39, 0.29) is 11.1 Å². The van der Waals surface area contributed by atoms with E-state index in [0.29, 0.717) is 11.3 Å². The normalized spacial score (nSPS) is 21.8. The molecule has 1 aromatic heterocycles. The second-order valence-corrected chi connectivity index (χ2v) is 14.0. The van der Waals surface area contributed by atoms with Crippen molar-refractivity contribution in [3.63, 3.8) is 0 Å². The molecule has 3 rings (SSSR count). The number of fused-ring (bicyclic) bond motifs is 1. The second-order valence-electron chi connectivity index (χ2n) is 8.86. The van der Waals surface area contributed by atoms with E-state index in [4.69, 9.17) is 20.8 Å². The third-order valence-corrected chi connectivity index (χ3v) is 10.6. The Labute approximate surface area is 163 Å². The lowest BCUT2D eigenvalue weighted by Gasteiger charge is -2.41. The highest BCUT2D eigenvalue weighted by Crippen LogP contribution is 2.39. The van der Waals surface area contributed by atoms with Crippen molar-refractivity contribution in [3.8, 4) is 5.75 Å². The van der Waals surface area contributed by atoms with E-state index >= 15 is 0 Å². The van der Waals surface area contributed by atoms with Crippen LogP contribution in [0, 0.1) is 0 Å². The number of hydrogen-bond acceptors (Lipinski definition) is 3. The first-order valence-corrected chi connectivity index (χ1v) is 12.8. The molecule has 1 saturated carbocycles. The summed E-state index contributed by atoms with van der Waals surface area (Å²) in [5, 5.41) is 1.82. The van der Waals surface area contributed by atoms with Gasteiger partial charge >= 0.3 is 0 Å². The molecule has 1 aromatic carbocycles. The van der Waals surface area contributed by atoms with Gasteiger partial charge in [-0.3, -0.25) is 0 Å². The molecule has 0 amide bonds. The van der Waals surface area contributed by atoms with Crippen molar-refractivity contribution >= 4 is 30.8 Å². The molecule has 0 N–H and O–H groups in total. The van der Waals surface area contributed by atoms with Gasteiger partial charge in [0.25, 0.3) is 0 Å². The number of rotatable bonds is 4. The van der Waals surface area contributed by atoms with E-state index in [1.54, 1.807) is 0 Å². The minimum Gasteiger partial charge on any atom is -0.488 e. The minimum absolute atomic E-state index is 0.223. The predicted molar refractivity (Wildman–Crippen MR) is 112 cm³/mol. The van der Waals surface area contributed by atoms with Gasteiger partial charge in [-0.05, 0) is 62.0 Å². The number of pyridine rings is 1. The molecular weight excluding hydrogens is 362 g/mol. The van der Waals surface area contributed by atoms with Crippen LogP contribution < -0.4 is 4.74 Å². The van der Waals surface area contributed by atoms with Crippen molar-refractivity contribution in [1.82, 2.24) is 4.98 Å². The standard InChI is InChI=1S/C21H30ClNO2Si/c1-21(2,3)26(4,5)25-17-12-10-16(11-13-17)24-18-8-6-7-15-9-14-19(22)23-20(15)18/h6-9,14,16-17H,10-13H2,1-5H3/t16-,17+. The summed E-state index contributed by atoms with van der Waals surface area (Å²) in [6.45, 7) is 11.6. The summed E-state index contributed by atoms with van der Waals surface area (Å²) in [4.78, 5) is 4.45. The van der Waals surface area contributed by atoms with Crippen molar-refractivity contribution in [2.75, 3.05) is 0 Å². The molecule has 142 valence electrons. The number of ether oxygens (including phenoxy) is 1. The molecule has 0 spiro atoms. The van der Waals surface area contributed by atoms with Gasteiger partial charge in [0.05, 0.1) is 6.10 Å². The van der Waals surface area contributed by atoms with Crippen LogP contribution in [0.4, 0.5) is 0 Å². The van der Waals surface area contributed by atoms with Gasteiger partial charge in [-0.25, -0.2) is 4.98 Å². The molecule has 3 nitrogen and oxygen atoms in total. The lowest BCUT2D eigenvalue weighted by atomic mass is 9.95. The number of halogens is 1. The Morgan fingerprint density at radius 3 is 2.31 bits per heavy atom. The molecule has 0 atom stereocenters. The molecule has 26 heavy (non-hydrogen) atoms. The van der Waals surface area contributed by atoms with Crippen molar-refractivity contribution in [3.05, 3.63) is 35.5 Å². The fourth-order valence-corrected chi connectivity index (χ4v) is 4.80.